The molecule has 0 unspecified atom stereocenters. The molecular weight excluding hydrogens is 362 g/mol. The van der Waals surface area contributed by atoms with Gasteiger partial charge in [-0.25, -0.2) is 18.6 Å². The zero-order chi connectivity index (χ0) is 19.2. The average molecular weight is 380 g/mol. The van der Waals surface area contributed by atoms with Gasteiger partial charge in [-0.15, -0.1) is 10.2 Å². The number of hydrogen-bond donors (Lipinski definition) is 0. The summed E-state index contributed by atoms with van der Waals surface area (Å²) in [6.07, 6.45) is 2.76. The Hall–Kier alpha value is -2.42. The molecule has 2 aromatic carbocycles. The molecule has 0 fully saturated rings. The molecule has 138 valence electrons. The van der Waals surface area contributed by atoms with E-state index in [1.165, 1.54) is 16.3 Å². The molecule has 0 aliphatic carbocycles. The summed E-state index contributed by atoms with van der Waals surface area (Å²) in [6.45, 7) is 0. The van der Waals surface area contributed by atoms with Crippen molar-refractivity contribution in [2.45, 2.75) is 6.42 Å². The summed E-state index contributed by atoms with van der Waals surface area (Å²) >= 11 is 0. The summed E-state index contributed by atoms with van der Waals surface area (Å²) in [5, 5.41) is 2.42. The van der Waals surface area contributed by atoms with Gasteiger partial charge in [0, 0.05) is 10.8 Å². The molecule has 1 heterocycles. The number of methoxy groups -OCH3 is 1. The number of fused-ring (bicyclic) bond motifs is 1. The molecule has 8 heteroatoms. The Morgan fingerprint density at radius 2 is 1.50 bits per heavy atom. The molecule has 0 bridgehead atoms. The van der Waals surface area contributed by atoms with Crippen molar-refractivity contribution in [3.05, 3.63) is 72.1 Å². The van der Waals surface area contributed by atoms with Gasteiger partial charge in [-0.2, -0.15) is 0 Å². The number of aromatic nitrogens is 1. The minimum Gasteiger partial charge on any atom is -0.497 e. The van der Waals surface area contributed by atoms with Gasteiger partial charge in [0.2, 0.25) is 11.9 Å². The summed E-state index contributed by atoms with van der Waals surface area (Å²) in [5.74, 6) is 0.872. The molecule has 26 heavy (non-hydrogen) atoms. The van der Waals surface area contributed by atoms with Gasteiger partial charge in [0.05, 0.1) is 18.9 Å². The van der Waals surface area contributed by atoms with Crippen LogP contribution in [0.3, 0.4) is 0 Å². The number of pyridine rings is 1. The molecule has 0 aliphatic heterocycles. The first-order chi connectivity index (χ1) is 12.3. The lowest BCUT2D eigenvalue weighted by molar-refractivity contribution is -2.00. The van der Waals surface area contributed by atoms with E-state index >= 15 is 0 Å². The van der Waals surface area contributed by atoms with Crippen LogP contribution in [0.25, 0.3) is 10.8 Å². The molecule has 3 rings (SSSR count). The van der Waals surface area contributed by atoms with Gasteiger partial charge in [-0.05, 0) is 29.1 Å². The van der Waals surface area contributed by atoms with Gasteiger partial charge in [0.15, 0.2) is 0 Å². The first kappa shape index (κ1) is 19.9. The van der Waals surface area contributed by atoms with Crippen LogP contribution in [0, 0.1) is 10.2 Å². The van der Waals surface area contributed by atoms with Crippen LogP contribution in [0.5, 0.6) is 5.75 Å². The third kappa shape index (κ3) is 5.83. The molecular formula is C18H18ClNO6. The highest BCUT2D eigenvalue weighted by atomic mass is 35.7. The van der Waals surface area contributed by atoms with Crippen molar-refractivity contribution in [1.29, 1.82) is 0 Å². The van der Waals surface area contributed by atoms with E-state index in [1.807, 2.05) is 23.1 Å². The van der Waals surface area contributed by atoms with Crippen LogP contribution in [0.1, 0.15) is 11.3 Å². The monoisotopic (exact) mass is 379 g/mol. The number of rotatable bonds is 4. The van der Waals surface area contributed by atoms with E-state index in [-0.39, 0.29) is 0 Å². The van der Waals surface area contributed by atoms with Crippen molar-refractivity contribution in [3.8, 4) is 5.75 Å². The van der Waals surface area contributed by atoms with Crippen molar-refractivity contribution >= 4 is 10.8 Å². The highest BCUT2D eigenvalue weighted by molar-refractivity contribution is 5.83. The zero-order valence-corrected chi connectivity index (χ0v) is 15.0. The quantitative estimate of drug-likeness (QED) is 0.486. The standard InChI is InChI=1S/C18H18NO2.ClHO4/c1-20-16-9-7-14(8-10-16)13-18-17-6-4-3-5-15(17)11-12-19(18)21-2;2-1(3,4)5/h3-12H,13H2,1-2H3;(H,2,3,4,5)/q+1;/p-1. The Morgan fingerprint density at radius 3 is 2.08 bits per heavy atom. The van der Waals surface area contributed by atoms with Crippen molar-refractivity contribution < 1.29 is 43.2 Å². The molecule has 0 atom stereocenters. The first-order valence-corrected chi connectivity index (χ1v) is 8.76. The number of nitrogens with zero attached hydrogens (tertiary/aromatic N) is 1. The summed E-state index contributed by atoms with van der Waals surface area (Å²) in [6, 6.07) is 18.6. The van der Waals surface area contributed by atoms with Gasteiger partial charge >= 0.3 is 0 Å². The lowest BCUT2D eigenvalue weighted by Crippen LogP contribution is -2.68. The van der Waals surface area contributed by atoms with Crippen LogP contribution in [-0.4, -0.2) is 14.2 Å². The largest absolute Gasteiger partial charge is 0.497 e. The number of halogens is 1. The molecule has 0 saturated carbocycles. The van der Waals surface area contributed by atoms with Crippen molar-refractivity contribution in [1.82, 2.24) is 0 Å². The maximum atomic E-state index is 8.49. The minimum absolute atomic E-state index is 0.805. The zero-order valence-electron chi connectivity index (χ0n) is 14.3. The topological polar surface area (TPSA) is 115 Å². The van der Waals surface area contributed by atoms with E-state index in [0.717, 1.165) is 17.9 Å². The van der Waals surface area contributed by atoms with Crippen LogP contribution in [0.4, 0.5) is 0 Å². The minimum atomic E-state index is -4.94. The lowest BCUT2D eigenvalue weighted by atomic mass is 10.0. The molecule has 3 aromatic rings. The van der Waals surface area contributed by atoms with E-state index in [4.69, 9.17) is 28.2 Å². The molecule has 7 nitrogen and oxygen atoms in total. The maximum Gasteiger partial charge on any atom is 0.246 e. The predicted octanol–water partition coefficient (Wildman–Crippen LogP) is -1.97. The van der Waals surface area contributed by atoms with Gasteiger partial charge in [-0.3, -0.25) is 4.84 Å². The second kappa shape index (κ2) is 8.79. The van der Waals surface area contributed by atoms with Crippen molar-refractivity contribution in [2.24, 2.45) is 0 Å². The third-order valence-corrected chi connectivity index (χ3v) is 3.65. The highest BCUT2D eigenvalue weighted by Gasteiger charge is 2.16. The predicted molar refractivity (Wildman–Crippen MR) is 82.4 cm³/mol. The number of ether oxygens (including phenoxy) is 1. The molecule has 0 radical (unpaired) electrons. The molecule has 0 saturated heterocycles. The SMILES string of the molecule is COc1ccc(Cc2c3ccccc3cc[n+]2OC)cc1.[O-][Cl+3]([O-])([O-])[O-]. The second-order valence-corrected chi connectivity index (χ2v) is 6.02. The number of hydrogen-bond acceptors (Lipinski definition) is 6. The molecule has 0 amide bonds. The third-order valence-electron chi connectivity index (χ3n) is 3.65. The molecule has 0 N–H and O–H groups in total. The van der Waals surface area contributed by atoms with Crippen LogP contribution in [-0.2, 0) is 6.42 Å². The Kier molecular flexibility index (Phi) is 6.73. The van der Waals surface area contributed by atoms with Crippen molar-refractivity contribution in [2.75, 3.05) is 14.2 Å². The van der Waals surface area contributed by atoms with Crippen LogP contribution in [0.2, 0.25) is 0 Å². The summed E-state index contributed by atoms with van der Waals surface area (Å²) in [7, 11) is -1.58. The normalized spacial score (nSPS) is 10.8. The number of benzene rings is 2. The van der Waals surface area contributed by atoms with E-state index in [2.05, 4.69) is 42.5 Å². The van der Waals surface area contributed by atoms with Gasteiger partial charge in [0.1, 0.15) is 12.9 Å². The summed E-state index contributed by atoms with van der Waals surface area (Å²) in [4.78, 5) is 5.46. The molecule has 0 spiro atoms. The second-order valence-electron chi connectivity index (χ2n) is 5.26. The molecule has 1 aromatic heterocycles. The van der Waals surface area contributed by atoms with Gasteiger partial charge in [0.25, 0.3) is 0 Å². The summed E-state index contributed by atoms with van der Waals surface area (Å²) < 4.78 is 41.0. The first-order valence-electron chi connectivity index (χ1n) is 7.53. The van der Waals surface area contributed by atoms with Gasteiger partial charge in [-0.1, -0.05) is 30.3 Å². The smallest absolute Gasteiger partial charge is 0.246 e. The van der Waals surface area contributed by atoms with E-state index < -0.39 is 10.2 Å². The molecule has 0 aliphatic rings. The highest BCUT2D eigenvalue weighted by Crippen LogP contribution is 2.19. The fourth-order valence-corrected chi connectivity index (χ4v) is 2.54. The van der Waals surface area contributed by atoms with E-state index in [9.17, 15) is 0 Å². The van der Waals surface area contributed by atoms with E-state index in [1.54, 1.807) is 14.2 Å². The fraction of sp³-hybridized carbons (Fsp3) is 0.167. The van der Waals surface area contributed by atoms with Crippen LogP contribution in [0.15, 0.2) is 60.8 Å². The van der Waals surface area contributed by atoms with Crippen LogP contribution >= 0.6 is 0 Å². The summed E-state index contributed by atoms with van der Waals surface area (Å²) in [5.41, 5.74) is 2.36. The fourth-order valence-electron chi connectivity index (χ4n) is 2.54. The van der Waals surface area contributed by atoms with E-state index in [0.29, 0.717) is 0 Å². The van der Waals surface area contributed by atoms with Crippen LogP contribution < -0.4 is 32.9 Å². The Labute approximate surface area is 153 Å². The average Bonchev–Trinajstić information content (AvgIpc) is 2.61. The Bertz CT molecular complexity index is 842. The van der Waals surface area contributed by atoms with Gasteiger partial charge < -0.3 is 4.74 Å². The van der Waals surface area contributed by atoms with Crippen molar-refractivity contribution in [3.63, 3.8) is 0 Å². The Morgan fingerprint density at radius 1 is 0.885 bits per heavy atom. The maximum absolute atomic E-state index is 8.49. The Balaban J connectivity index is 0.000000431. The lowest BCUT2D eigenvalue weighted by Gasteiger charge is -2.17.